The van der Waals surface area contributed by atoms with Gasteiger partial charge in [-0.05, 0) is 19.3 Å². The Hall–Kier alpha value is -2.12. The quantitative estimate of drug-likeness (QED) is 0.126. The molecule has 0 amide bonds. The Balaban J connectivity index is 1.84. The number of rotatable bonds is 17. The third-order valence-electron chi connectivity index (χ3n) is 7.52. The zero-order valence-corrected chi connectivity index (χ0v) is 22.6. The van der Waals surface area contributed by atoms with E-state index in [0.717, 1.165) is 44.9 Å². The van der Waals surface area contributed by atoms with Crippen molar-refractivity contribution in [2.45, 2.75) is 127 Å². The number of carbonyl (C=O) groups is 4. The smallest absolute Gasteiger partial charge is 0.308 e. The lowest BCUT2D eigenvalue weighted by Crippen LogP contribution is -2.59. The van der Waals surface area contributed by atoms with E-state index in [1.54, 1.807) is 0 Å². The van der Waals surface area contributed by atoms with Crippen LogP contribution in [0.3, 0.4) is 0 Å². The maximum Gasteiger partial charge on any atom is 0.308 e. The first-order valence-corrected chi connectivity index (χ1v) is 14.0. The van der Waals surface area contributed by atoms with E-state index in [2.05, 4.69) is 6.92 Å². The molecule has 12 nitrogen and oxygen atoms in total. The molecule has 1 saturated heterocycles. The zero-order valence-electron chi connectivity index (χ0n) is 22.6. The van der Waals surface area contributed by atoms with Crippen molar-refractivity contribution in [2.75, 3.05) is 6.61 Å². The maximum absolute atomic E-state index is 12.8. The van der Waals surface area contributed by atoms with E-state index in [-0.39, 0.29) is 36.9 Å². The van der Waals surface area contributed by atoms with E-state index in [9.17, 15) is 39.6 Å². The third-order valence-corrected chi connectivity index (χ3v) is 7.52. The number of esters is 2. The summed E-state index contributed by atoms with van der Waals surface area (Å²) in [5, 5.41) is 47.6. The van der Waals surface area contributed by atoms with Gasteiger partial charge in [0.2, 0.25) is 6.29 Å². The number of carboxylic acid groups (broad SMARTS) is 1. The SMILES string of the molecule is CCCCCC1C(OC(=O)CCC(=O)OC2O[C@H](CO)[C@@H](O)[C@H](O)[C@H]2O)CC(=O)C1CCCCCCC(=O)O. The first-order valence-electron chi connectivity index (χ1n) is 14.0. The molecule has 39 heavy (non-hydrogen) atoms. The number of carboxylic acids is 1. The Morgan fingerprint density at radius 1 is 0.846 bits per heavy atom. The van der Waals surface area contributed by atoms with Crippen molar-refractivity contribution in [3.8, 4) is 0 Å². The molecule has 0 radical (unpaired) electrons. The van der Waals surface area contributed by atoms with Gasteiger partial charge in [-0.25, -0.2) is 0 Å². The Morgan fingerprint density at radius 3 is 2.13 bits per heavy atom. The minimum absolute atomic E-state index is 0.0573. The third kappa shape index (κ3) is 10.4. The summed E-state index contributed by atoms with van der Waals surface area (Å²) in [6.45, 7) is 1.41. The summed E-state index contributed by atoms with van der Waals surface area (Å²) in [6.07, 6.45) is -1.54. The summed E-state index contributed by atoms with van der Waals surface area (Å²) in [5.74, 6) is -2.64. The highest BCUT2D eigenvalue weighted by atomic mass is 16.7. The topological polar surface area (TPSA) is 197 Å². The largest absolute Gasteiger partial charge is 0.481 e. The number of unbranched alkanes of at least 4 members (excludes halogenated alkanes) is 5. The Bertz CT molecular complexity index is 800. The Kier molecular flexibility index (Phi) is 14.3. The average molecular weight is 561 g/mol. The van der Waals surface area contributed by atoms with Gasteiger partial charge < -0.3 is 39.7 Å². The van der Waals surface area contributed by atoms with Crippen LogP contribution in [0.25, 0.3) is 0 Å². The summed E-state index contributed by atoms with van der Waals surface area (Å²) >= 11 is 0. The lowest BCUT2D eigenvalue weighted by atomic mass is 9.85. The van der Waals surface area contributed by atoms with E-state index in [4.69, 9.17) is 19.3 Å². The number of aliphatic hydroxyl groups excluding tert-OH is 4. The van der Waals surface area contributed by atoms with E-state index < -0.39 is 67.7 Å². The highest BCUT2D eigenvalue weighted by Gasteiger charge is 2.46. The monoisotopic (exact) mass is 560 g/mol. The van der Waals surface area contributed by atoms with Crippen molar-refractivity contribution in [3.05, 3.63) is 0 Å². The van der Waals surface area contributed by atoms with E-state index in [1.807, 2.05) is 0 Å². The van der Waals surface area contributed by atoms with Gasteiger partial charge in [0, 0.05) is 24.7 Å². The van der Waals surface area contributed by atoms with Crippen molar-refractivity contribution < 1.29 is 58.9 Å². The van der Waals surface area contributed by atoms with Gasteiger partial charge in [-0.3, -0.25) is 19.2 Å². The number of ketones is 1. The second-order valence-electron chi connectivity index (χ2n) is 10.5. The molecular formula is C27H44O12. The molecule has 12 heteroatoms. The van der Waals surface area contributed by atoms with Crippen LogP contribution in [0.5, 0.6) is 0 Å². The summed E-state index contributed by atoms with van der Waals surface area (Å²) in [7, 11) is 0. The first kappa shape index (κ1) is 33.1. The van der Waals surface area contributed by atoms with Crippen LogP contribution in [-0.2, 0) is 33.4 Å². The molecule has 0 aromatic carbocycles. The minimum Gasteiger partial charge on any atom is -0.481 e. The van der Waals surface area contributed by atoms with Crippen LogP contribution < -0.4 is 0 Å². The summed E-state index contributed by atoms with van der Waals surface area (Å²) in [5.41, 5.74) is 0. The van der Waals surface area contributed by atoms with Gasteiger partial charge in [0.15, 0.2) is 0 Å². The van der Waals surface area contributed by atoms with Crippen LogP contribution in [-0.4, -0.2) is 92.6 Å². The number of carbonyl (C=O) groups excluding carboxylic acids is 3. The van der Waals surface area contributed by atoms with Crippen molar-refractivity contribution in [1.82, 2.24) is 0 Å². The van der Waals surface area contributed by atoms with Crippen molar-refractivity contribution in [3.63, 3.8) is 0 Å². The fourth-order valence-electron chi connectivity index (χ4n) is 5.30. The summed E-state index contributed by atoms with van der Waals surface area (Å²) in [4.78, 5) is 48.3. The normalized spacial score (nSPS) is 30.7. The molecule has 2 rings (SSSR count). The second kappa shape index (κ2) is 16.9. The molecule has 1 aliphatic carbocycles. The first-order chi connectivity index (χ1) is 18.6. The van der Waals surface area contributed by atoms with E-state index >= 15 is 0 Å². The molecule has 1 saturated carbocycles. The molecule has 2 aliphatic rings. The number of aliphatic carboxylic acids is 1. The van der Waals surface area contributed by atoms with Crippen LogP contribution in [0.4, 0.5) is 0 Å². The van der Waals surface area contributed by atoms with Gasteiger partial charge in [0.1, 0.15) is 36.3 Å². The molecule has 1 aliphatic heterocycles. The molecule has 0 aromatic heterocycles. The van der Waals surface area contributed by atoms with Crippen LogP contribution in [0.2, 0.25) is 0 Å². The number of ether oxygens (including phenoxy) is 3. The average Bonchev–Trinajstić information content (AvgIpc) is 3.18. The molecule has 8 atom stereocenters. The van der Waals surface area contributed by atoms with Gasteiger partial charge in [-0.15, -0.1) is 0 Å². The second-order valence-corrected chi connectivity index (χ2v) is 10.5. The number of hydrogen-bond acceptors (Lipinski definition) is 11. The number of hydrogen-bond donors (Lipinski definition) is 5. The van der Waals surface area contributed by atoms with E-state index in [0.29, 0.717) is 12.8 Å². The highest BCUT2D eigenvalue weighted by Crippen LogP contribution is 2.38. The van der Waals surface area contributed by atoms with Gasteiger partial charge in [-0.2, -0.15) is 0 Å². The molecule has 0 bridgehead atoms. The molecule has 5 N–H and O–H groups in total. The van der Waals surface area contributed by atoms with Gasteiger partial charge in [0.05, 0.1) is 19.4 Å². The molecule has 0 spiro atoms. The Morgan fingerprint density at radius 2 is 1.49 bits per heavy atom. The lowest BCUT2D eigenvalue weighted by Gasteiger charge is -2.39. The standard InChI is InChI=1S/C27H44O12/c1-2-3-6-10-17-16(9-7-4-5-8-11-21(30)31)18(29)14-19(17)37-22(32)12-13-23(33)39-27-26(36)25(35)24(34)20(15-28)38-27/h16-17,19-20,24-28,34-36H,2-15H2,1H3,(H,30,31)/t16?,17?,19?,20-,24-,25+,26-,27?/m1/s1. The van der Waals surface area contributed by atoms with Gasteiger partial charge in [-0.1, -0.05) is 45.4 Å². The number of aliphatic hydroxyl groups is 4. The predicted octanol–water partition coefficient (Wildman–Crippen LogP) is 1.23. The fraction of sp³-hybridized carbons (Fsp3) is 0.852. The summed E-state index contributed by atoms with van der Waals surface area (Å²) in [6, 6.07) is 0. The van der Waals surface area contributed by atoms with Gasteiger partial charge >= 0.3 is 17.9 Å². The maximum atomic E-state index is 12.8. The van der Waals surface area contributed by atoms with Crippen LogP contribution >= 0.6 is 0 Å². The number of Topliss-reactive ketones (excluding diaryl/α,β-unsaturated/α-hetero) is 1. The van der Waals surface area contributed by atoms with Crippen LogP contribution in [0.1, 0.15) is 90.4 Å². The molecule has 224 valence electrons. The highest BCUT2D eigenvalue weighted by molar-refractivity contribution is 5.85. The zero-order chi connectivity index (χ0) is 28.9. The fourth-order valence-corrected chi connectivity index (χ4v) is 5.30. The van der Waals surface area contributed by atoms with Crippen LogP contribution in [0.15, 0.2) is 0 Å². The molecule has 0 aromatic rings. The van der Waals surface area contributed by atoms with Crippen molar-refractivity contribution >= 4 is 23.7 Å². The van der Waals surface area contributed by atoms with Gasteiger partial charge in [0.25, 0.3) is 0 Å². The molecule has 4 unspecified atom stereocenters. The lowest BCUT2D eigenvalue weighted by molar-refractivity contribution is -0.292. The van der Waals surface area contributed by atoms with Crippen molar-refractivity contribution in [2.24, 2.45) is 11.8 Å². The minimum atomic E-state index is -1.74. The van der Waals surface area contributed by atoms with E-state index in [1.165, 1.54) is 0 Å². The predicted molar refractivity (Wildman–Crippen MR) is 135 cm³/mol. The summed E-state index contributed by atoms with van der Waals surface area (Å²) < 4.78 is 15.8. The molecule has 2 fully saturated rings. The molecule has 1 heterocycles. The van der Waals surface area contributed by atoms with Crippen molar-refractivity contribution in [1.29, 1.82) is 0 Å². The molecular weight excluding hydrogens is 516 g/mol. The Labute approximate surface area is 228 Å². The van der Waals surface area contributed by atoms with Crippen LogP contribution in [0, 0.1) is 11.8 Å².